The van der Waals surface area contributed by atoms with Crippen molar-refractivity contribution in [3.05, 3.63) is 17.5 Å². The van der Waals surface area contributed by atoms with Crippen molar-refractivity contribution < 1.29 is 26.6 Å². The molecule has 3 saturated heterocycles. The van der Waals surface area contributed by atoms with E-state index < -0.39 is 22.5 Å². The van der Waals surface area contributed by atoms with Gasteiger partial charge in [-0.2, -0.15) is 13.5 Å². The fraction of sp³-hybridized carbons (Fsp3) is 0.692. The minimum absolute atomic E-state index is 0.304. The Hall–Kier alpha value is -1.73. The minimum Gasteiger partial charge on any atom is -0.360 e. The molecule has 0 saturated carbocycles. The van der Waals surface area contributed by atoms with Gasteiger partial charge < -0.3 is 20.1 Å². The van der Waals surface area contributed by atoms with Crippen LogP contribution in [0.15, 0.2) is 10.6 Å². The maximum Gasteiger partial charge on any atom is 0.418 e. The zero-order valence-corrected chi connectivity index (χ0v) is 14.1. The summed E-state index contributed by atoms with van der Waals surface area (Å²) >= 11 is 0. The number of carbonyl (C=O) groups is 1. The van der Waals surface area contributed by atoms with Crippen LogP contribution in [0.4, 0.5) is 4.79 Å². The fourth-order valence-corrected chi connectivity index (χ4v) is 3.77. The van der Waals surface area contributed by atoms with Crippen LogP contribution >= 0.6 is 0 Å². The maximum atomic E-state index is 12.4. The summed E-state index contributed by atoms with van der Waals surface area (Å²) in [6.07, 6.45) is 1.14. The highest BCUT2D eigenvalue weighted by molar-refractivity contribution is 7.80. The zero-order valence-electron chi connectivity index (χ0n) is 13.3. The third-order valence-electron chi connectivity index (χ3n) is 4.76. The normalized spacial score (nSPS) is 27.0. The van der Waals surface area contributed by atoms with E-state index >= 15 is 0 Å². The minimum atomic E-state index is -4.74. The number of rotatable bonds is 6. The van der Waals surface area contributed by atoms with Crippen LogP contribution in [-0.4, -0.2) is 65.8 Å². The van der Waals surface area contributed by atoms with Gasteiger partial charge in [0.25, 0.3) is 0 Å². The molecule has 25 heavy (non-hydrogen) atoms. The number of urea groups is 1. The van der Waals surface area contributed by atoms with E-state index in [0.717, 1.165) is 18.2 Å². The molecule has 0 radical (unpaired) electrons. The first-order valence-corrected chi connectivity index (χ1v) is 9.43. The molecule has 3 aliphatic rings. The van der Waals surface area contributed by atoms with E-state index in [9.17, 15) is 13.2 Å². The highest BCUT2D eigenvalue weighted by Gasteiger charge is 2.48. The Bertz CT molecular complexity index is 763. The average molecular weight is 373 g/mol. The largest absolute Gasteiger partial charge is 0.418 e. The standard InChI is InChI=1S/C13H19N5O6S/c19-13-17-7-9(18(13)24-25(20,21)22)1-2-12(17)11-3-10(23-16-11)6-15-8-4-14-5-8/h3,8-9,12,14-15H,1-2,4-7H2,(H,20,21,22)/t9-,12+/m1/s1. The highest BCUT2D eigenvalue weighted by atomic mass is 32.3. The van der Waals surface area contributed by atoms with Gasteiger partial charge in [0, 0.05) is 31.7 Å². The number of hydrogen-bond donors (Lipinski definition) is 3. The number of nitrogens with zero attached hydrogens (tertiary/aromatic N) is 3. The van der Waals surface area contributed by atoms with Gasteiger partial charge >= 0.3 is 16.4 Å². The Morgan fingerprint density at radius 3 is 2.92 bits per heavy atom. The number of nitrogens with one attached hydrogen (secondary N) is 2. The topological polar surface area (TPSA) is 137 Å². The van der Waals surface area contributed by atoms with E-state index in [1.807, 2.05) is 6.07 Å². The van der Waals surface area contributed by atoms with E-state index in [4.69, 9.17) is 9.08 Å². The second-order valence-electron chi connectivity index (χ2n) is 6.46. The summed E-state index contributed by atoms with van der Waals surface area (Å²) in [5.41, 5.74) is 0.629. The second kappa shape index (κ2) is 6.21. The molecule has 11 nitrogen and oxygen atoms in total. The van der Waals surface area contributed by atoms with Gasteiger partial charge in [-0.15, -0.1) is 4.28 Å². The molecule has 2 bridgehead atoms. The molecule has 0 unspecified atom stereocenters. The zero-order chi connectivity index (χ0) is 17.6. The number of hydrogen-bond acceptors (Lipinski definition) is 8. The van der Waals surface area contributed by atoms with Crippen LogP contribution in [0.1, 0.15) is 30.3 Å². The van der Waals surface area contributed by atoms with Crippen LogP contribution in [0.3, 0.4) is 0 Å². The summed E-state index contributed by atoms with van der Waals surface area (Å²) in [5, 5.41) is 11.3. The molecule has 138 valence electrons. The molecule has 2 atom stereocenters. The van der Waals surface area contributed by atoms with Crippen LogP contribution < -0.4 is 10.6 Å². The molecule has 1 aromatic rings. The summed E-state index contributed by atoms with van der Waals surface area (Å²) in [6.45, 7) is 2.72. The van der Waals surface area contributed by atoms with Crippen LogP contribution in [-0.2, 0) is 21.2 Å². The van der Waals surface area contributed by atoms with Gasteiger partial charge in [-0.3, -0.25) is 4.55 Å². The maximum absolute atomic E-state index is 12.4. The van der Waals surface area contributed by atoms with Crippen molar-refractivity contribution >= 4 is 16.4 Å². The van der Waals surface area contributed by atoms with E-state index in [1.54, 1.807) is 0 Å². The molecule has 3 fully saturated rings. The summed E-state index contributed by atoms with van der Waals surface area (Å²) < 4.78 is 40.4. The van der Waals surface area contributed by atoms with E-state index in [1.165, 1.54) is 4.90 Å². The number of aromatic nitrogens is 1. The summed E-state index contributed by atoms with van der Waals surface area (Å²) in [7, 11) is -4.74. The fourth-order valence-electron chi connectivity index (χ4n) is 3.39. The van der Waals surface area contributed by atoms with Gasteiger partial charge in [-0.05, 0) is 12.8 Å². The Morgan fingerprint density at radius 2 is 2.24 bits per heavy atom. The molecule has 12 heteroatoms. The van der Waals surface area contributed by atoms with E-state index in [2.05, 4.69) is 20.1 Å². The molecule has 0 aliphatic carbocycles. The first-order valence-electron chi connectivity index (χ1n) is 8.07. The van der Waals surface area contributed by atoms with Crippen molar-refractivity contribution in [1.82, 2.24) is 25.8 Å². The quantitative estimate of drug-likeness (QED) is 0.559. The van der Waals surface area contributed by atoms with Crippen molar-refractivity contribution in [2.24, 2.45) is 0 Å². The average Bonchev–Trinajstić information content (AvgIpc) is 3.05. The molecule has 3 N–H and O–H groups in total. The summed E-state index contributed by atoms with van der Waals surface area (Å²) in [6, 6.07) is 0.916. The lowest BCUT2D eigenvalue weighted by atomic mass is 9.98. The molecule has 0 spiro atoms. The Labute approximate surface area is 144 Å². The first-order chi connectivity index (χ1) is 11.9. The van der Waals surface area contributed by atoms with Gasteiger partial charge in [0.05, 0.1) is 18.6 Å². The Morgan fingerprint density at radius 1 is 1.44 bits per heavy atom. The van der Waals surface area contributed by atoms with Crippen molar-refractivity contribution in [2.45, 2.75) is 37.5 Å². The SMILES string of the molecule is O=C1N2C[C@@H](CC[C@H]2c2cc(CNC3CNC3)on2)N1OS(=O)(=O)O. The van der Waals surface area contributed by atoms with Crippen LogP contribution in [0.2, 0.25) is 0 Å². The predicted molar refractivity (Wildman–Crippen MR) is 82.3 cm³/mol. The second-order valence-corrected chi connectivity index (χ2v) is 7.47. The summed E-state index contributed by atoms with van der Waals surface area (Å²) in [4.78, 5) is 13.9. The number of piperidine rings is 1. The molecule has 2 amide bonds. The van der Waals surface area contributed by atoms with Gasteiger partial charge in [-0.25, -0.2) is 4.79 Å². The molecule has 1 aromatic heterocycles. The predicted octanol–water partition coefficient (Wildman–Crippen LogP) is -0.588. The van der Waals surface area contributed by atoms with E-state index in [0.29, 0.717) is 43.4 Å². The monoisotopic (exact) mass is 373 g/mol. The first kappa shape index (κ1) is 16.7. The van der Waals surface area contributed by atoms with Crippen LogP contribution in [0.25, 0.3) is 0 Å². The van der Waals surface area contributed by atoms with Gasteiger partial charge in [0.1, 0.15) is 5.69 Å². The lowest BCUT2D eigenvalue weighted by Gasteiger charge is -2.28. The van der Waals surface area contributed by atoms with E-state index in [-0.39, 0.29) is 6.04 Å². The number of hydroxylamine groups is 2. The van der Waals surface area contributed by atoms with Gasteiger partial charge in [0.2, 0.25) is 0 Å². The van der Waals surface area contributed by atoms with Gasteiger partial charge in [-0.1, -0.05) is 5.16 Å². The smallest absolute Gasteiger partial charge is 0.360 e. The molecule has 3 aliphatic heterocycles. The number of fused-ring (bicyclic) bond motifs is 2. The molecule has 4 rings (SSSR count). The third kappa shape index (κ3) is 3.35. The van der Waals surface area contributed by atoms with Gasteiger partial charge in [0.15, 0.2) is 5.76 Å². The van der Waals surface area contributed by atoms with Crippen LogP contribution in [0, 0.1) is 0 Å². The number of carbonyl (C=O) groups excluding carboxylic acids is 1. The lowest BCUT2D eigenvalue weighted by Crippen LogP contribution is -2.54. The Kier molecular flexibility index (Phi) is 4.16. The molecular formula is C13H19N5O6S. The third-order valence-corrected chi connectivity index (χ3v) is 5.11. The summed E-state index contributed by atoms with van der Waals surface area (Å²) in [5.74, 6) is 0.682. The molecule has 4 heterocycles. The van der Waals surface area contributed by atoms with Crippen molar-refractivity contribution in [3.8, 4) is 0 Å². The Balaban J connectivity index is 1.43. The lowest BCUT2D eigenvalue weighted by molar-refractivity contribution is -0.0317. The van der Waals surface area contributed by atoms with Crippen molar-refractivity contribution in [2.75, 3.05) is 19.6 Å². The molecular weight excluding hydrogens is 354 g/mol. The van der Waals surface area contributed by atoms with Crippen LogP contribution in [0.5, 0.6) is 0 Å². The number of amides is 2. The highest BCUT2D eigenvalue weighted by Crippen LogP contribution is 2.38. The van der Waals surface area contributed by atoms with Crippen molar-refractivity contribution in [1.29, 1.82) is 0 Å². The van der Waals surface area contributed by atoms with Crippen molar-refractivity contribution in [3.63, 3.8) is 0 Å². The molecule has 0 aromatic carbocycles.